The summed E-state index contributed by atoms with van der Waals surface area (Å²) < 4.78 is 32.8. The Kier molecular flexibility index (Phi) is 15.5. The topological polar surface area (TPSA) is 239 Å². The molecule has 0 spiro atoms. The molecule has 15 nitrogen and oxygen atoms in total. The maximum absolute atomic E-state index is 13.4. The summed E-state index contributed by atoms with van der Waals surface area (Å²) >= 11 is 0. The monoisotopic (exact) mass is 657 g/mol. The van der Waals surface area contributed by atoms with Crippen LogP contribution in [0.5, 0.6) is 0 Å². The standard InChI is InChI=1S/C29H47N5O10S/c1-18(2)25(21(35)16-19(26(39)29(3,4)5)10-9-14-31-28(30)41)33-27(40)20(17-45(42,43)44)32-22(36)11-7-6-8-15-34-23(37)12-13-24(34)38/h12-13,18-20,25H,6-11,14-17H2,1-5H3,(H,32,36)(H,33,40)(H3,30,31,41)(H,42,43,44)/t19-,20-,25-/m1/s1. The molecular formula is C29H47N5O10S. The number of hydrogen-bond acceptors (Lipinski definition) is 9. The molecule has 1 aliphatic rings. The third kappa shape index (κ3) is 14.8. The van der Waals surface area contributed by atoms with Gasteiger partial charge in [0.1, 0.15) is 17.6 Å². The minimum Gasteiger partial charge on any atom is -0.352 e. The van der Waals surface area contributed by atoms with E-state index in [9.17, 15) is 46.5 Å². The van der Waals surface area contributed by atoms with Crippen molar-refractivity contribution in [2.24, 2.45) is 23.0 Å². The fourth-order valence-corrected chi connectivity index (χ4v) is 5.44. The number of Topliss-reactive ketones (excluding diaryl/α,β-unsaturated/α-hetero) is 2. The Labute approximate surface area is 264 Å². The Morgan fingerprint density at radius 1 is 0.956 bits per heavy atom. The average molecular weight is 658 g/mol. The van der Waals surface area contributed by atoms with Crippen molar-refractivity contribution in [3.8, 4) is 0 Å². The van der Waals surface area contributed by atoms with Crippen molar-refractivity contribution >= 4 is 51.3 Å². The van der Waals surface area contributed by atoms with Gasteiger partial charge < -0.3 is 21.7 Å². The van der Waals surface area contributed by atoms with Gasteiger partial charge in [0.15, 0.2) is 5.78 Å². The molecule has 0 saturated heterocycles. The Hall–Kier alpha value is -3.66. The van der Waals surface area contributed by atoms with Gasteiger partial charge in [0.2, 0.25) is 11.8 Å². The van der Waals surface area contributed by atoms with E-state index in [1.807, 2.05) is 0 Å². The summed E-state index contributed by atoms with van der Waals surface area (Å²) in [6.07, 6.45) is 3.84. The number of hydrogen-bond donors (Lipinski definition) is 5. The molecule has 0 unspecified atom stereocenters. The number of ketones is 2. The van der Waals surface area contributed by atoms with E-state index in [-0.39, 0.29) is 38.1 Å². The molecule has 1 heterocycles. The normalized spacial score (nSPS) is 15.5. The maximum Gasteiger partial charge on any atom is 0.312 e. The van der Waals surface area contributed by atoms with Crippen molar-refractivity contribution in [1.82, 2.24) is 20.9 Å². The van der Waals surface area contributed by atoms with E-state index in [4.69, 9.17) is 5.73 Å². The Morgan fingerprint density at radius 3 is 2.07 bits per heavy atom. The molecule has 0 aromatic rings. The number of nitrogens with two attached hydrogens (primary N) is 1. The number of carbonyl (C=O) groups excluding carboxylic acids is 7. The van der Waals surface area contributed by atoms with Crippen molar-refractivity contribution in [2.75, 3.05) is 18.8 Å². The lowest BCUT2D eigenvalue weighted by Gasteiger charge is -2.28. The van der Waals surface area contributed by atoms with Crippen molar-refractivity contribution in [2.45, 2.75) is 91.6 Å². The predicted molar refractivity (Wildman–Crippen MR) is 164 cm³/mol. The van der Waals surface area contributed by atoms with Crippen LogP contribution in [0.25, 0.3) is 0 Å². The lowest BCUT2D eigenvalue weighted by atomic mass is 9.78. The molecule has 0 aromatic heterocycles. The minimum absolute atomic E-state index is 0.108. The van der Waals surface area contributed by atoms with Gasteiger partial charge in [-0.25, -0.2) is 4.79 Å². The fraction of sp³-hybridized carbons (Fsp3) is 0.690. The van der Waals surface area contributed by atoms with Gasteiger partial charge in [-0.15, -0.1) is 0 Å². The second kappa shape index (κ2) is 17.7. The molecule has 6 amide bonds. The summed E-state index contributed by atoms with van der Waals surface area (Å²) in [6.45, 7) is 8.82. The number of urea groups is 1. The molecule has 0 saturated carbocycles. The Bertz CT molecular complexity index is 1240. The molecule has 0 aromatic carbocycles. The predicted octanol–water partition coefficient (Wildman–Crippen LogP) is 0.624. The van der Waals surface area contributed by atoms with Gasteiger partial charge in [0, 0.05) is 49.4 Å². The number of amides is 6. The molecule has 6 N–H and O–H groups in total. The summed E-state index contributed by atoms with van der Waals surface area (Å²) in [7, 11) is -4.72. The third-order valence-corrected chi connectivity index (χ3v) is 7.87. The smallest absolute Gasteiger partial charge is 0.312 e. The zero-order valence-corrected chi connectivity index (χ0v) is 27.4. The molecule has 45 heavy (non-hydrogen) atoms. The Balaban J connectivity index is 2.88. The van der Waals surface area contributed by atoms with Crippen LogP contribution in [-0.4, -0.2) is 90.0 Å². The zero-order chi connectivity index (χ0) is 34.5. The molecule has 0 radical (unpaired) electrons. The second-order valence-electron chi connectivity index (χ2n) is 12.5. The van der Waals surface area contributed by atoms with Gasteiger partial charge in [0.25, 0.3) is 21.9 Å². The highest BCUT2D eigenvalue weighted by atomic mass is 32.2. The summed E-state index contributed by atoms with van der Waals surface area (Å²) in [6, 6.07) is -3.56. The molecule has 0 bridgehead atoms. The van der Waals surface area contributed by atoms with Gasteiger partial charge >= 0.3 is 6.03 Å². The number of carbonyl (C=O) groups is 7. The quantitative estimate of drug-likeness (QED) is 0.0695. The third-order valence-electron chi connectivity index (χ3n) is 7.11. The van der Waals surface area contributed by atoms with E-state index >= 15 is 0 Å². The van der Waals surface area contributed by atoms with Crippen molar-refractivity contribution in [3.05, 3.63) is 12.2 Å². The first kappa shape index (κ1) is 39.4. The van der Waals surface area contributed by atoms with Gasteiger partial charge in [-0.3, -0.25) is 38.2 Å². The van der Waals surface area contributed by atoms with Gasteiger partial charge in [-0.1, -0.05) is 41.0 Å². The van der Waals surface area contributed by atoms with Crippen LogP contribution in [0, 0.1) is 17.3 Å². The molecule has 254 valence electrons. The van der Waals surface area contributed by atoms with Crippen LogP contribution in [0.4, 0.5) is 4.79 Å². The number of imide groups is 1. The SMILES string of the molecule is CC(C)[C@@H](NC(=O)[C@@H](CS(=O)(=O)O)NC(=O)CCCCCN1C(=O)C=CC1=O)C(=O)C[C@@H](CCCNC(N)=O)C(=O)C(C)(C)C. The van der Waals surface area contributed by atoms with Crippen LogP contribution in [0.2, 0.25) is 0 Å². The highest BCUT2D eigenvalue weighted by molar-refractivity contribution is 7.85. The molecule has 0 fully saturated rings. The molecule has 1 aliphatic heterocycles. The first-order chi connectivity index (χ1) is 20.7. The second-order valence-corrected chi connectivity index (χ2v) is 14.0. The van der Waals surface area contributed by atoms with Gasteiger partial charge in [-0.2, -0.15) is 8.42 Å². The zero-order valence-electron chi connectivity index (χ0n) is 26.6. The molecule has 16 heteroatoms. The molecule has 1 rings (SSSR count). The molecular weight excluding hydrogens is 610 g/mol. The first-order valence-electron chi connectivity index (χ1n) is 14.9. The summed E-state index contributed by atoms with van der Waals surface area (Å²) in [4.78, 5) is 87.5. The number of nitrogens with one attached hydrogen (secondary N) is 3. The highest BCUT2D eigenvalue weighted by Gasteiger charge is 2.35. The van der Waals surface area contributed by atoms with E-state index in [2.05, 4.69) is 16.0 Å². The van der Waals surface area contributed by atoms with Crippen LogP contribution >= 0.6 is 0 Å². The van der Waals surface area contributed by atoms with Gasteiger partial charge in [-0.05, 0) is 31.6 Å². The van der Waals surface area contributed by atoms with Gasteiger partial charge in [0.05, 0.1) is 6.04 Å². The average Bonchev–Trinajstić information content (AvgIpc) is 3.22. The largest absolute Gasteiger partial charge is 0.352 e. The number of rotatable bonds is 20. The lowest BCUT2D eigenvalue weighted by Crippen LogP contribution is -2.55. The summed E-state index contributed by atoms with van der Waals surface area (Å²) in [5, 5.41) is 7.21. The van der Waals surface area contributed by atoms with Crippen LogP contribution in [-0.2, 0) is 38.9 Å². The van der Waals surface area contributed by atoms with E-state index in [1.165, 1.54) is 12.2 Å². The highest BCUT2D eigenvalue weighted by Crippen LogP contribution is 2.27. The Morgan fingerprint density at radius 2 is 1.56 bits per heavy atom. The lowest BCUT2D eigenvalue weighted by molar-refractivity contribution is -0.137. The first-order valence-corrected chi connectivity index (χ1v) is 16.5. The maximum atomic E-state index is 13.4. The molecule has 0 aliphatic carbocycles. The molecule has 3 atom stereocenters. The van der Waals surface area contributed by atoms with E-state index in [0.29, 0.717) is 25.7 Å². The minimum atomic E-state index is -4.72. The van der Waals surface area contributed by atoms with Crippen molar-refractivity contribution < 1.29 is 46.5 Å². The van der Waals surface area contributed by atoms with Crippen molar-refractivity contribution in [1.29, 1.82) is 0 Å². The van der Waals surface area contributed by atoms with Crippen LogP contribution in [0.3, 0.4) is 0 Å². The van der Waals surface area contributed by atoms with Crippen molar-refractivity contribution in [3.63, 3.8) is 0 Å². The number of unbranched alkanes of at least 4 members (excludes halogenated alkanes) is 2. The number of primary amides is 1. The van der Waals surface area contributed by atoms with E-state index in [1.54, 1.807) is 34.6 Å². The summed E-state index contributed by atoms with van der Waals surface area (Å²) in [5.74, 6) is -5.51. The van der Waals surface area contributed by atoms with E-state index in [0.717, 1.165) is 4.90 Å². The van der Waals surface area contributed by atoms with E-state index < -0.39 is 80.6 Å². The number of nitrogens with zero attached hydrogens (tertiary/aromatic N) is 1. The fourth-order valence-electron chi connectivity index (χ4n) is 4.78. The van der Waals surface area contributed by atoms with Crippen LogP contribution < -0.4 is 21.7 Å². The van der Waals surface area contributed by atoms with Crippen LogP contribution in [0.15, 0.2) is 12.2 Å². The van der Waals surface area contributed by atoms with Crippen LogP contribution in [0.1, 0.15) is 79.6 Å². The summed E-state index contributed by atoms with van der Waals surface area (Å²) in [5.41, 5.74) is 4.31.